The van der Waals surface area contributed by atoms with Gasteiger partial charge in [0.25, 0.3) is 5.56 Å². The van der Waals surface area contributed by atoms with E-state index in [1.165, 1.54) is 0 Å². The fraction of sp³-hybridized carbons (Fsp3) is 0.571. The first-order chi connectivity index (χ1) is 13.1. The van der Waals surface area contributed by atoms with Crippen LogP contribution in [0.5, 0.6) is 0 Å². The van der Waals surface area contributed by atoms with Crippen LogP contribution in [0.3, 0.4) is 0 Å². The molecule has 1 aromatic heterocycles. The van der Waals surface area contributed by atoms with Gasteiger partial charge in [-0.15, -0.1) is 0 Å². The molecule has 2 aromatic rings. The molecule has 2 aliphatic rings. The van der Waals surface area contributed by atoms with Gasteiger partial charge in [0, 0.05) is 38.0 Å². The molecule has 0 bridgehead atoms. The number of hydrogen-bond acceptors (Lipinski definition) is 4. The summed E-state index contributed by atoms with van der Waals surface area (Å²) in [6.07, 6.45) is 5.01. The second-order valence-electron chi connectivity index (χ2n) is 7.93. The molecule has 27 heavy (non-hydrogen) atoms. The summed E-state index contributed by atoms with van der Waals surface area (Å²) in [5.41, 5.74) is 0.860. The van der Waals surface area contributed by atoms with Crippen LogP contribution in [0.2, 0.25) is 0 Å². The molecule has 2 aliphatic heterocycles. The highest BCUT2D eigenvalue weighted by atomic mass is 16.2. The van der Waals surface area contributed by atoms with Gasteiger partial charge in [-0.2, -0.15) is 5.10 Å². The fourth-order valence-corrected chi connectivity index (χ4v) is 4.36. The van der Waals surface area contributed by atoms with E-state index in [2.05, 4.69) is 10.00 Å². The van der Waals surface area contributed by atoms with Crippen LogP contribution in [-0.4, -0.2) is 51.7 Å². The van der Waals surface area contributed by atoms with Gasteiger partial charge in [0.05, 0.1) is 17.7 Å². The molecule has 6 heteroatoms. The van der Waals surface area contributed by atoms with E-state index in [-0.39, 0.29) is 5.56 Å². The molecule has 0 N–H and O–H groups in total. The molecule has 1 aromatic carbocycles. The summed E-state index contributed by atoms with van der Waals surface area (Å²) >= 11 is 0. The van der Waals surface area contributed by atoms with Crippen molar-refractivity contribution in [2.45, 2.75) is 45.7 Å². The van der Waals surface area contributed by atoms with Gasteiger partial charge in [-0.05, 0) is 44.6 Å². The molecular weight excluding hydrogens is 340 g/mol. The van der Waals surface area contributed by atoms with E-state index in [4.69, 9.17) is 0 Å². The lowest BCUT2D eigenvalue weighted by atomic mass is 9.93. The van der Waals surface area contributed by atoms with E-state index in [0.717, 1.165) is 68.3 Å². The van der Waals surface area contributed by atoms with Gasteiger partial charge in [0.2, 0.25) is 5.91 Å². The maximum Gasteiger partial charge on any atom is 0.275 e. The van der Waals surface area contributed by atoms with Crippen LogP contribution in [0.4, 0.5) is 0 Å². The van der Waals surface area contributed by atoms with E-state index in [0.29, 0.717) is 24.9 Å². The van der Waals surface area contributed by atoms with Gasteiger partial charge in [0.15, 0.2) is 0 Å². The Morgan fingerprint density at radius 3 is 2.44 bits per heavy atom. The number of nitrogens with zero attached hydrogens (tertiary/aromatic N) is 4. The highest BCUT2D eigenvalue weighted by molar-refractivity contribution is 5.83. The van der Waals surface area contributed by atoms with Gasteiger partial charge >= 0.3 is 0 Å². The number of fused-ring (bicyclic) bond motifs is 1. The Kier molecular flexibility index (Phi) is 5.25. The molecule has 144 valence electrons. The Balaban J connectivity index is 1.37. The van der Waals surface area contributed by atoms with Crippen molar-refractivity contribution in [2.24, 2.45) is 5.92 Å². The monoisotopic (exact) mass is 368 g/mol. The van der Waals surface area contributed by atoms with Crippen molar-refractivity contribution in [3.05, 3.63) is 40.3 Å². The van der Waals surface area contributed by atoms with E-state index >= 15 is 0 Å². The average molecular weight is 368 g/mol. The molecule has 4 rings (SSSR count). The largest absolute Gasteiger partial charge is 0.343 e. The lowest BCUT2D eigenvalue weighted by Gasteiger charge is -2.32. The zero-order valence-corrected chi connectivity index (χ0v) is 16.1. The van der Waals surface area contributed by atoms with E-state index in [9.17, 15) is 9.59 Å². The minimum absolute atomic E-state index is 0.0254. The number of benzene rings is 1. The number of piperidine rings is 1. The topological polar surface area (TPSA) is 58.4 Å². The van der Waals surface area contributed by atoms with Crippen molar-refractivity contribution in [2.75, 3.05) is 26.2 Å². The SMILES string of the molecule is Cc1nn(CN2CCC(CC(=O)N3CCCC3)CC2)c(=O)c2ccccc12. The molecule has 0 atom stereocenters. The Morgan fingerprint density at radius 1 is 1.07 bits per heavy atom. The van der Waals surface area contributed by atoms with Crippen molar-refractivity contribution in [3.8, 4) is 0 Å². The van der Waals surface area contributed by atoms with Crippen LogP contribution in [0.1, 0.15) is 37.8 Å². The van der Waals surface area contributed by atoms with Crippen LogP contribution < -0.4 is 5.56 Å². The van der Waals surface area contributed by atoms with Crippen LogP contribution in [-0.2, 0) is 11.5 Å². The number of carbonyl (C=O) groups is 1. The van der Waals surface area contributed by atoms with Gasteiger partial charge < -0.3 is 4.90 Å². The zero-order valence-electron chi connectivity index (χ0n) is 16.1. The number of rotatable bonds is 4. The van der Waals surface area contributed by atoms with Crippen LogP contribution in [0.25, 0.3) is 10.8 Å². The van der Waals surface area contributed by atoms with Crippen molar-refractivity contribution in [1.29, 1.82) is 0 Å². The number of likely N-dealkylation sites (tertiary alicyclic amines) is 2. The number of aromatic nitrogens is 2. The average Bonchev–Trinajstić information content (AvgIpc) is 3.22. The second-order valence-corrected chi connectivity index (χ2v) is 7.93. The molecule has 0 unspecified atom stereocenters. The first kappa shape index (κ1) is 18.2. The lowest BCUT2D eigenvalue weighted by Crippen LogP contribution is -2.40. The summed E-state index contributed by atoms with van der Waals surface area (Å²) in [6, 6.07) is 7.66. The van der Waals surface area contributed by atoms with Crippen molar-refractivity contribution in [3.63, 3.8) is 0 Å². The first-order valence-corrected chi connectivity index (χ1v) is 10.1. The van der Waals surface area contributed by atoms with Gasteiger partial charge in [-0.25, -0.2) is 4.68 Å². The van der Waals surface area contributed by atoms with E-state index in [1.54, 1.807) is 4.68 Å². The Hall–Kier alpha value is -2.21. The Morgan fingerprint density at radius 2 is 1.74 bits per heavy atom. The van der Waals surface area contributed by atoms with E-state index in [1.807, 2.05) is 36.1 Å². The smallest absolute Gasteiger partial charge is 0.275 e. The molecule has 0 aliphatic carbocycles. The van der Waals surface area contributed by atoms with Gasteiger partial charge in [0.1, 0.15) is 0 Å². The maximum atomic E-state index is 12.7. The number of hydrogen-bond donors (Lipinski definition) is 0. The van der Waals surface area contributed by atoms with Crippen LogP contribution >= 0.6 is 0 Å². The van der Waals surface area contributed by atoms with Crippen LogP contribution in [0, 0.1) is 12.8 Å². The summed E-state index contributed by atoms with van der Waals surface area (Å²) in [5, 5.41) is 6.18. The van der Waals surface area contributed by atoms with Crippen molar-refractivity contribution >= 4 is 16.7 Å². The summed E-state index contributed by atoms with van der Waals surface area (Å²) < 4.78 is 1.59. The third-order valence-electron chi connectivity index (χ3n) is 6.02. The normalized spacial score (nSPS) is 19.1. The molecule has 0 saturated carbocycles. The summed E-state index contributed by atoms with van der Waals surface area (Å²) in [5.74, 6) is 0.798. The minimum Gasteiger partial charge on any atom is -0.343 e. The molecule has 2 fully saturated rings. The third kappa shape index (κ3) is 3.90. The predicted molar refractivity (Wildman–Crippen MR) is 105 cm³/mol. The molecule has 0 radical (unpaired) electrons. The maximum absolute atomic E-state index is 12.7. The summed E-state index contributed by atoms with van der Waals surface area (Å²) in [4.78, 5) is 29.4. The highest BCUT2D eigenvalue weighted by Crippen LogP contribution is 2.23. The quantitative estimate of drug-likeness (QED) is 0.831. The number of aryl methyl sites for hydroxylation is 1. The van der Waals surface area contributed by atoms with Crippen molar-refractivity contribution < 1.29 is 4.79 Å². The van der Waals surface area contributed by atoms with Gasteiger partial charge in [-0.3, -0.25) is 14.5 Å². The standard InChI is InChI=1S/C21H28N4O2/c1-16-18-6-2-3-7-19(18)21(27)25(22-16)15-23-12-8-17(9-13-23)14-20(26)24-10-4-5-11-24/h2-3,6-7,17H,4-5,8-15H2,1H3. The number of carbonyl (C=O) groups excluding carboxylic acids is 1. The second kappa shape index (κ2) is 7.80. The van der Waals surface area contributed by atoms with Crippen molar-refractivity contribution in [1.82, 2.24) is 19.6 Å². The number of amides is 1. The van der Waals surface area contributed by atoms with Gasteiger partial charge in [-0.1, -0.05) is 18.2 Å². The third-order valence-corrected chi connectivity index (χ3v) is 6.02. The predicted octanol–water partition coefficient (Wildman–Crippen LogP) is 2.39. The Labute approximate surface area is 159 Å². The Bertz CT molecular complexity index is 877. The molecular formula is C21H28N4O2. The van der Waals surface area contributed by atoms with E-state index < -0.39 is 0 Å². The highest BCUT2D eigenvalue weighted by Gasteiger charge is 2.25. The lowest BCUT2D eigenvalue weighted by molar-refractivity contribution is -0.131. The molecule has 2 saturated heterocycles. The summed E-state index contributed by atoms with van der Waals surface area (Å²) in [7, 11) is 0. The molecule has 0 spiro atoms. The summed E-state index contributed by atoms with van der Waals surface area (Å²) in [6.45, 7) is 6.18. The molecule has 3 heterocycles. The van der Waals surface area contributed by atoms with Crippen LogP contribution in [0.15, 0.2) is 29.1 Å². The molecule has 1 amide bonds. The fourth-order valence-electron chi connectivity index (χ4n) is 4.36. The zero-order chi connectivity index (χ0) is 18.8. The molecule has 6 nitrogen and oxygen atoms in total. The minimum atomic E-state index is -0.0254. The first-order valence-electron chi connectivity index (χ1n) is 10.1.